The quantitative estimate of drug-likeness (QED) is 0.855. The summed E-state index contributed by atoms with van der Waals surface area (Å²) in [7, 11) is 3.21. The maximum atomic E-state index is 11.2. The highest BCUT2D eigenvalue weighted by Gasteiger charge is 2.06. The number of methoxy groups -OCH3 is 2. The lowest BCUT2D eigenvalue weighted by Gasteiger charge is -2.12. The van der Waals surface area contributed by atoms with Gasteiger partial charge in [0.2, 0.25) is 5.91 Å². The number of benzene rings is 2. The lowest BCUT2D eigenvalue weighted by Crippen LogP contribution is -2.11. The van der Waals surface area contributed by atoms with Crippen LogP contribution < -0.4 is 20.5 Å². The largest absolute Gasteiger partial charge is 0.497 e. The van der Waals surface area contributed by atoms with Gasteiger partial charge in [-0.05, 0) is 29.8 Å². The highest BCUT2D eigenvalue weighted by Crippen LogP contribution is 2.29. The maximum absolute atomic E-state index is 11.2. The van der Waals surface area contributed by atoms with Crippen molar-refractivity contribution in [1.82, 2.24) is 0 Å². The van der Waals surface area contributed by atoms with Crippen LogP contribution in [0.15, 0.2) is 42.5 Å². The van der Waals surface area contributed by atoms with E-state index in [-0.39, 0.29) is 0 Å². The summed E-state index contributed by atoms with van der Waals surface area (Å²) >= 11 is 0. The van der Waals surface area contributed by atoms with E-state index in [0.717, 1.165) is 17.0 Å². The smallest absolute Gasteiger partial charge is 0.248 e. The predicted octanol–water partition coefficient (Wildman–Crippen LogP) is 2.41. The monoisotopic (exact) mass is 286 g/mol. The van der Waals surface area contributed by atoms with Crippen molar-refractivity contribution in [2.24, 2.45) is 5.73 Å². The minimum absolute atomic E-state index is 0.432. The van der Waals surface area contributed by atoms with Gasteiger partial charge in [0.15, 0.2) is 0 Å². The van der Waals surface area contributed by atoms with Gasteiger partial charge in [0.1, 0.15) is 11.5 Å². The van der Waals surface area contributed by atoms with Gasteiger partial charge in [0.05, 0.1) is 19.9 Å². The van der Waals surface area contributed by atoms with Gasteiger partial charge in [-0.15, -0.1) is 0 Å². The van der Waals surface area contributed by atoms with Crippen LogP contribution in [0.3, 0.4) is 0 Å². The molecule has 0 saturated heterocycles. The van der Waals surface area contributed by atoms with Gasteiger partial charge in [-0.3, -0.25) is 4.79 Å². The van der Waals surface area contributed by atoms with Crippen molar-refractivity contribution >= 4 is 11.6 Å². The average molecular weight is 286 g/mol. The molecule has 0 aliphatic carbocycles. The highest BCUT2D eigenvalue weighted by molar-refractivity contribution is 5.92. The first-order chi connectivity index (χ1) is 10.1. The van der Waals surface area contributed by atoms with Crippen molar-refractivity contribution in [2.75, 3.05) is 19.5 Å². The van der Waals surface area contributed by atoms with Crippen molar-refractivity contribution in [3.63, 3.8) is 0 Å². The first kappa shape index (κ1) is 14.7. The lowest BCUT2D eigenvalue weighted by molar-refractivity contribution is 0.1000. The van der Waals surface area contributed by atoms with Gasteiger partial charge in [-0.2, -0.15) is 0 Å². The zero-order chi connectivity index (χ0) is 15.2. The number of anilines is 1. The van der Waals surface area contributed by atoms with Crippen LogP contribution >= 0.6 is 0 Å². The highest BCUT2D eigenvalue weighted by atomic mass is 16.5. The van der Waals surface area contributed by atoms with E-state index < -0.39 is 5.91 Å². The topological polar surface area (TPSA) is 73.6 Å². The van der Waals surface area contributed by atoms with E-state index in [0.29, 0.717) is 17.9 Å². The number of nitrogens with two attached hydrogens (primary N) is 1. The van der Waals surface area contributed by atoms with Gasteiger partial charge < -0.3 is 20.5 Å². The van der Waals surface area contributed by atoms with E-state index in [2.05, 4.69) is 5.32 Å². The number of amides is 1. The van der Waals surface area contributed by atoms with E-state index in [1.807, 2.05) is 30.3 Å². The molecule has 2 aromatic rings. The van der Waals surface area contributed by atoms with Gasteiger partial charge >= 0.3 is 0 Å². The Kier molecular flexibility index (Phi) is 4.66. The minimum atomic E-state index is -0.432. The second kappa shape index (κ2) is 6.65. The van der Waals surface area contributed by atoms with Gasteiger partial charge in [-0.25, -0.2) is 0 Å². The summed E-state index contributed by atoms with van der Waals surface area (Å²) in [5.41, 5.74) is 7.58. The number of rotatable bonds is 6. The number of carbonyl (C=O) groups excluding carboxylic acids is 1. The van der Waals surface area contributed by atoms with Crippen LogP contribution in [0.1, 0.15) is 15.9 Å². The second-order valence-corrected chi connectivity index (χ2v) is 4.48. The number of ether oxygens (including phenoxy) is 2. The molecule has 0 aliphatic heterocycles. The van der Waals surface area contributed by atoms with E-state index in [4.69, 9.17) is 15.2 Å². The molecule has 0 saturated carbocycles. The summed E-state index contributed by atoms with van der Waals surface area (Å²) < 4.78 is 10.5. The summed E-state index contributed by atoms with van der Waals surface area (Å²) in [5, 5.41) is 3.27. The van der Waals surface area contributed by atoms with Crippen molar-refractivity contribution in [1.29, 1.82) is 0 Å². The molecule has 5 nitrogen and oxygen atoms in total. The SMILES string of the molecule is COc1ccc(NCc2cccc(C(N)=O)c2)c(OC)c1. The molecule has 5 heteroatoms. The van der Waals surface area contributed by atoms with Crippen LogP contribution in [0.5, 0.6) is 11.5 Å². The predicted molar refractivity (Wildman–Crippen MR) is 81.8 cm³/mol. The fraction of sp³-hybridized carbons (Fsp3) is 0.188. The van der Waals surface area contributed by atoms with Crippen LogP contribution in [0.2, 0.25) is 0 Å². The number of carbonyl (C=O) groups is 1. The third kappa shape index (κ3) is 3.66. The molecular formula is C16H18N2O3. The van der Waals surface area contributed by atoms with Crippen molar-refractivity contribution in [3.8, 4) is 11.5 Å². The standard InChI is InChI=1S/C16H18N2O3/c1-20-13-6-7-14(15(9-13)21-2)18-10-11-4-3-5-12(8-11)16(17)19/h3-9,18H,10H2,1-2H3,(H2,17,19). The van der Waals surface area contributed by atoms with Crippen molar-refractivity contribution < 1.29 is 14.3 Å². The molecule has 21 heavy (non-hydrogen) atoms. The maximum Gasteiger partial charge on any atom is 0.248 e. The molecule has 0 bridgehead atoms. The molecule has 0 unspecified atom stereocenters. The molecular weight excluding hydrogens is 268 g/mol. The van der Waals surface area contributed by atoms with Crippen LogP contribution in [0.25, 0.3) is 0 Å². The molecule has 2 rings (SSSR count). The van der Waals surface area contributed by atoms with Crippen molar-refractivity contribution in [3.05, 3.63) is 53.6 Å². The third-order valence-corrected chi connectivity index (χ3v) is 3.10. The molecule has 0 heterocycles. The Morgan fingerprint density at radius 1 is 1.14 bits per heavy atom. The fourth-order valence-electron chi connectivity index (χ4n) is 1.98. The fourth-order valence-corrected chi connectivity index (χ4v) is 1.98. The summed E-state index contributed by atoms with van der Waals surface area (Å²) in [6, 6.07) is 12.7. The van der Waals surface area contributed by atoms with Crippen molar-refractivity contribution in [2.45, 2.75) is 6.54 Å². The Hall–Kier alpha value is -2.69. The number of primary amides is 1. The molecule has 110 valence electrons. The second-order valence-electron chi connectivity index (χ2n) is 4.48. The van der Waals surface area contributed by atoms with E-state index in [9.17, 15) is 4.79 Å². The first-order valence-corrected chi connectivity index (χ1v) is 6.48. The Bertz CT molecular complexity index is 641. The summed E-state index contributed by atoms with van der Waals surface area (Å²) in [4.78, 5) is 11.2. The summed E-state index contributed by atoms with van der Waals surface area (Å²) in [6.45, 7) is 0.559. The molecule has 0 atom stereocenters. The van der Waals surface area contributed by atoms with Crippen LogP contribution in [-0.2, 0) is 6.54 Å². The molecule has 0 spiro atoms. The number of hydrogen-bond acceptors (Lipinski definition) is 4. The Balaban J connectivity index is 2.12. The Labute approximate surface area is 123 Å². The summed E-state index contributed by atoms with van der Waals surface area (Å²) in [6.07, 6.45) is 0. The third-order valence-electron chi connectivity index (χ3n) is 3.10. The van der Waals surface area contributed by atoms with E-state index >= 15 is 0 Å². The Morgan fingerprint density at radius 2 is 1.95 bits per heavy atom. The van der Waals surface area contributed by atoms with Gasteiger partial charge in [-0.1, -0.05) is 12.1 Å². The zero-order valence-electron chi connectivity index (χ0n) is 12.1. The normalized spacial score (nSPS) is 10.0. The molecule has 0 aromatic heterocycles. The minimum Gasteiger partial charge on any atom is -0.497 e. The molecule has 2 aromatic carbocycles. The van der Waals surface area contributed by atoms with Gasteiger partial charge in [0, 0.05) is 18.2 Å². The average Bonchev–Trinajstić information content (AvgIpc) is 2.53. The lowest BCUT2D eigenvalue weighted by atomic mass is 10.1. The molecule has 0 aliphatic rings. The number of nitrogens with one attached hydrogen (secondary N) is 1. The van der Waals surface area contributed by atoms with E-state index in [1.54, 1.807) is 26.4 Å². The molecule has 0 fully saturated rings. The molecule has 3 N–H and O–H groups in total. The van der Waals surface area contributed by atoms with Gasteiger partial charge in [0.25, 0.3) is 0 Å². The number of hydrogen-bond donors (Lipinski definition) is 2. The molecule has 1 amide bonds. The summed E-state index contributed by atoms with van der Waals surface area (Å²) in [5.74, 6) is 0.993. The van der Waals surface area contributed by atoms with Crippen LogP contribution in [-0.4, -0.2) is 20.1 Å². The Morgan fingerprint density at radius 3 is 2.62 bits per heavy atom. The van der Waals surface area contributed by atoms with Crippen LogP contribution in [0.4, 0.5) is 5.69 Å². The zero-order valence-corrected chi connectivity index (χ0v) is 12.1. The molecule has 0 radical (unpaired) electrons. The van der Waals surface area contributed by atoms with E-state index in [1.165, 1.54) is 0 Å². The van der Waals surface area contributed by atoms with Crippen LogP contribution in [0, 0.1) is 0 Å². The first-order valence-electron chi connectivity index (χ1n) is 6.48.